The van der Waals surface area contributed by atoms with Crippen LogP contribution in [0.25, 0.3) is 5.00 Å². The highest BCUT2D eigenvalue weighted by atomic mass is 79.9. The topological polar surface area (TPSA) is 59.5 Å². The first kappa shape index (κ1) is 23.2. The Hall–Kier alpha value is -2.55. The summed E-state index contributed by atoms with van der Waals surface area (Å²) in [6.45, 7) is 4.15. The zero-order chi connectivity index (χ0) is 23.7. The number of carbonyl (C=O) groups is 1. The number of halogens is 1. The van der Waals surface area contributed by atoms with Crippen LogP contribution in [-0.2, 0) is 12.8 Å². The van der Waals surface area contributed by atoms with Crippen LogP contribution in [0.4, 0.5) is 0 Å². The summed E-state index contributed by atoms with van der Waals surface area (Å²) in [4.78, 5) is 15.7. The largest absolute Gasteiger partial charge is 0.447 e. The highest BCUT2D eigenvalue weighted by Crippen LogP contribution is 2.38. The lowest BCUT2D eigenvalue weighted by atomic mass is 9.95. The summed E-state index contributed by atoms with van der Waals surface area (Å²) in [5.41, 5.74) is 6.92. The molecule has 1 N–H and O–H groups in total. The number of hydrogen-bond acceptors (Lipinski definition) is 5. The van der Waals surface area contributed by atoms with Crippen LogP contribution >= 0.6 is 39.0 Å². The van der Waals surface area contributed by atoms with Crippen molar-refractivity contribution < 1.29 is 9.21 Å². The minimum atomic E-state index is -0.178. The molecule has 5 nitrogen and oxygen atoms in total. The van der Waals surface area contributed by atoms with Gasteiger partial charge < -0.3 is 8.98 Å². The number of fused-ring (bicyclic) bond motifs is 1. The Kier molecular flexibility index (Phi) is 6.81. The molecule has 4 aromatic rings. The van der Waals surface area contributed by atoms with Gasteiger partial charge in [-0.25, -0.2) is 5.43 Å². The van der Waals surface area contributed by atoms with E-state index in [0.29, 0.717) is 5.76 Å². The fourth-order valence-electron chi connectivity index (χ4n) is 4.24. The summed E-state index contributed by atoms with van der Waals surface area (Å²) in [6.07, 6.45) is 5.79. The van der Waals surface area contributed by atoms with E-state index in [-0.39, 0.29) is 5.91 Å². The average Bonchev–Trinajstić information content (AvgIpc) is 3.48. The maximum Gasteiger partial charge on any atom is 0.274 e. The zero-order valence-corrected chi connectivity index (χ0v) is 22.1. The second-order valence-electron chi connectivity index (χ2n) is 8.24. The number of thiophene rings is 1. The molecule has 1 aliphatic carbocycles. The number of nitrogens with zero attached hydrogens (tertiary/aromatic N) is 2. The van der Waals surface area contributed by atoms with Gasteiger partial charge in [-0.1, -0.05) is 30.0 Å². The van der Waals surface area contributed by atoms with E-state index in [1.54, 1.807) is 17.6 Å². The molecule has 1 aromatic carbocycles. The van der Waals surface area contributed by atoms with Crippen molar-refractivity contribution in [1.82, 2.24) is 9.99 Å². The summed E-state index contributed by atoms with van der Waals surface area (Å²) < 4.78 is 8.94. The van der Waals surface area contributed by atoms with Crippen molar-refractivity contribution in [3.63, 3.8) is 0 Å². The van der Waals surface area contributed by atoms with Crippen LogP contribution in [-0.4, -0.2) is 16.7 Å². The molecular formula is C26H24BrN3O2S2. The highest BCUT2D eigenvalue weighted by molar-refractivity contribution is 9.10. The van der Waals surface area contributed by atoms with Crippen LogP contribution in [0.15, 0.2) is 72.5 Å². The van der Waals surface area contributed by atoms with E-state index in [4.69, 9.17) is 4.42 Å². The third-order valence-electron chi connectivity index (χ3n) is 5.84. The smallest absolute Gasteiger partial charge is 0.274 e. The van der Waals surface area contributed by atoms with Gasteiger partial charge in [-0.3, -0.25) is 4.79 Å². The quantitative estimate of drug-likeness (QED) is 0.201. The van der Waals surface area contributed by atoms with Crippen molar-refractivity contribution in [2.24, 2.45) is 5.10 Å². The van der Waals surface area contributed by atoms with E-state index in [0.717, 1.165) is 55.7 Å². The molecule has 0 radical (unpaired) electrons. The summed E-state index contributed by atoms with van der Waals surface area (Å²) in [6, 6.07) is 16.1. The van der Waals surface area contributed by atoms with Crippen LogP contribution in [0.2, 0.25) is 0 Å². The van der Waals surface area contributed by atoms with Gasteiger partial charge in [0.2, 0.25) is 0 Å². The number of aromatic nitrogens is 1. The minimum absolute atomic E-state index is 0.178. The molecule has 34 heavy (non-hydrogen) atoms. The first-order valence-electron chi connectivity index (χ1n) is 11.2. The van der Waals surface area contributed by atoms with E-state index in [2.05, 4.69) is 57.0 Å². The second-order valence-corrected chi connectivity index (χ2v) is 11.2. The SMILES string of the molecule is Cc1ccc(C)n1-c1sc2c(c1C(=O)N/N=C\c1cc(Br)c(Sc3ccccc3)o1)CCCC2. The van der Waals surface area contributed by atoms with Crippen LogP contribution < -0.4 is 5.43 Å². The van der Waals surface area contributed by atoms with Crippen LogP contribution in [0.1, 0.15) is 50.8 Å². The molecule has 0 saturated carbocycles. The molecule has 0 atom stereocenters. The third-order valence-corrected chi connectivity index (χ3v) is 8.97. The molecule has 5 rings (SSSR count). The number of benzene rings is 1. The predicted octanol–water partition coefficient (Wildman–Crippen LogP) is 7.31. The monoisotopic (exact) mass is 553 g/mol. The summed E-state index contributed by atoms with van der Waals surface area (Å²) >= 11 is 6.81. The van der Waals surface area contributed by atoms with Crippen molar-refractivity contribution in [2.75, 3.05) is 0 Å². The van der Waals surface area contributed by atoms with E-state index in [9.17, 15) is 4.79 Å². The molecule has 1 aliphatic rings. The number of hydrogen-bond donors (Lipinski definition) is 1. The molecule has 3 aromatic heterocycles. The molecule has 0 bridgehead atoms. The Balaban J connectivity index is 1.37. The predicted molar refractivity (Wildman–Crippen MR) is 142 cm³/mol. The van der Waals surface area contributed by atoms with Gasteiger partial charge in [0.15, 0.2) is 5.09 Å². The molecule has 3 heterocycles. The standard InChI is InChI=1S/C26H24BrN3O2S2/c1-16-12-13-17(2)30(16)25-23(20-10-6-7-11-22(20)34-25)24(31)29-28-15-18-14-21(27)26(32-18)33-19-8-4-3-5-9-19/h3-5,8-9,12-15H,6-7,10-11H2,1-2H3,(H,29,31)/b28-15-. The number of nitrogens with one attached hydrogen (secondary N) is 1. The van der Waals surface area contributed by atoms with Gasteiger partial charge in [-0.15, -0.1) is 11.3 Å². The Bertz CT molecular complexity index is 1350. The number of hydrazone groups is 1. The van der Waals surface area contributed by atoms with Gasteiger partial charge in [-0.05, 0) is 85.3 Å². The number of amides is 1. The van der Waals surface area contributed by atoms with Gasteiger partial charge in [0.1, 0.15) is 10.8 Å². The average molecular weight is 555 g/mol. The second kappa shape index (κ2) is 9.98. The third kappa shape index (κ3) is 4.67. The minimum Gasteiger partial charge on any atom is -0.447 e. The van der Waals surface area contributed by atoms with Gasteiger partial charge in [0.25, 0.3) is 5.91 Å². The number of carbonyl (C=O) groups excluding carboxylic acids is 1. The van der Waals surface area contributed by atoms with E-state index in [1.807, 2.05) is 36.4 Å². The lowest BCUT2D eigenvalue weighted by molar-refractivity contribution is 0.0954. The van der Waals surface area contributed by atoms with Crippen molar-refractivity contribution in [2.45, 2.75) is 49.5 Å². The van der Waals surface area contributed by atoms with Gasteiger partial charge in [0.05, 0.1) is 16.3 Å². The fourth-order valence-corrected chi connectivity index (χ4v) is 7.10. The summed E-state index contributed by atoms with van der Waals surface area (Å²) in [5.74, 6) is 0.387. The van der Waals surface area contributed by atoms with Crippen LogP contribution in [0.3, 0.4) is 0 Å². The van der Waals surface area contributed by atoms with Gasteiger partial charge >= 0.3 is 0 Å². The normalized spacial score (nSPS) is 13.4. The Labute approximate surface area is 215 Å². The molecule has 0 spiro atoms. The molecule has 1 amide bonds. The molecular weight excluding hydrogens is 530 g/mol. The van der Waals surface area contributed by atoms with Crippen LogP contribution in [0.5, 0.6) is 0 Å². The van der Waals surface area contributed by atoms with E-state index >= 15 is 0 Å². The van der Waals surface area contributed by atoms with Crippen molar-refractivity contribution in [3.05, 3.63) is 86.2 Å². The van der Waals surface area contributed by atoms with E-state index in [1.165, 1.54) is 28.6 Å². The lowest BCUT2D eigenvalue weighted by Gasteiger charge is -2.13. The molecule has 0 saturated heterocycles. The highest BCUT2D eigenvalue weighted by Gasteiger charge is 2.27. The number of aryl methyl sites for hydroxylation is 3. The van der Waals surface area contributed by atoms with Gasteiger partial charge in [0, 0.05) is 27.2 Å². The Morgan fingerprint density at radius 2 is 1.88 bits per heavy atom. The van der Waals surface area contributed by atoms with Gasteiger partial charge in [-0.2, -0.15) is 5.10 Å². The molecule has 8 heteroatoms. The molecule has 0 unspecified atom stereocenters. The maximum absolute atomic E-state index is 13.3. The lowest BCUT2D eigenvalue weighted by Crippen LogP contribution is -2.21. The van der Waals surface area contributed by atoms with E-state index < -0.39 is 0 Å². The molecule has 0 aliphatic heterocycles. The van der Waals surface area contributed by atoms with Crippen molar-refractivity contribution >= 4 is 51.2 Å². The Morgan fingerprint density at radius 1 is 1.15 bits per heavy atom. The van der Waals surface area contributed by atoms with Crippen molar-refractivity contribution in [1.29, 1.82) is 0 Å². The summed E-state index contributed by atoms with van der Waals surface area (Å²) in [5, 5.41) is 5.95. The number of furan rings is 1. The first-order valence-corrected chi connectivity index (χ1v) is 13.6. The Morgan fingerprint density at radius 3 is 2.65 bits per heavy atom. The van der Waals surface area contributed by atoms with Crippen LogP contribution in [0, 0.1) is 13.8 Å². The first-order chi connectivity index (χ1) is 16.5. The number of rotatable bonds is 6. The zero-order valence-electron chi connectivity index (χ0n) is 18.9. The maximum atomic E-state index is 13.3. The van der Waals surface area contributed by atoms with Crippen molar-refractivity contribution in [3.8, 4) is 5.00 Å². The molecule has 174 valence electrons. The fraction of sp³-hybridized carbons (Fsp3) is 0.231. The molecule has 0 fully saturated rings. The summed E-state index contributed by atoms with van der Waals surface area (Å²) in [7, 11) is 0.